The van der Waals surface area contributed by atoms with Gasteiger partial charge in [0.15, 0.2) is 0 Å². The zero-order chi connectivity index (χ0) is 9.84. The Bertz CT molecular complexity index is 266. The van der Waals surface area contributed by atoms with Crippen molar-refractivity contribution in [3.8, 4) is 5.88 Å². The molecule has 0 radical (unpaired) electrons. The lowest BCUT2D eigenvalue weighted by atomic mass is 10.3. The molecule has 4 heteroatoms. The van der Waals surface area contributed by atoms with Crippen LogP contribution in [-0.2, 0) is 7.05 Å². The fourth-order valence-corrected chi connectivity index (χ4v) is 1.17. The first-order chi connectivity index (χ1) is 6.17. The van der Waals surface area contributed by atoms with Crippen LogP contribution in [0.15, 0.2) is 6.07 Å². The molecule has 0 saturated heterocycles. The Morgan fingerprint density at radius 2 is 2.38 bits per heavy atom. The molecule has 0 aromatic carbocycles. The summed E-state index contributed by atoms with van der Waals surface area (Å²) in [7, 11) is 1.87. The summed E-state index contributed by atoms with van der Waals surface area (Å²) in [6.45, 7) is 4.54. The van der Waals surface area contributed by atoms with Crippen molar-refractivity contribution < 1.29 is 4.74 Å². The van der Waals surface area contributed by atoms with Gasteiger partial charge >= 0.3 is 0 Å². The van der Waals surface area contributed by atoms with E-state index in [1.54, 1.807) is 4.68 Å². The summed E-state index contributed by atoms with van der Waals surface area (Å²) in [6.07, 6.45) is 1.01. The Hall–Kier alpha value is -1.03. The van der Waals surface area contributed by atoms with Crippen LogP contribution in [0.5, 0.6) is 5.88 Å². The topological polar surface area (TPSA) is 53.1 Å². The monoisotopic (exact) mass is 183 g/mol. The third-order valence-corrected chi connectivity index (χ3v) is 1.96. The molecule has 13 heavy (non-hydrogen) atoms. The van der Waals surface area contributed by atoms with E-state index >= 15 is 0 Å². The highest BCUT2D eigenvalue weighted by molar-refractivity contribution is 5.14. The molecule has 0 aliphatic rings. The van der Waals surface area contributed by atoms with Crippen LogP contribution in [0.3, 0.4) is 0 Å². The van der Waals surface area contributed by atoms with E-state index in [-0.39, 0.29) is 6.10 Å². The molecular weight excluding hydrogens is 166 g/mol. The van der Waals surface area contributed by atoms with Crippen LogP contribution in [-0.4, -0.2) is 22.4 Å². The number of hydrogen-bond donors (Lipinski definition) is 1. The van der Waals surface area contributed by atoms with E-state index in [0.29, 0.717) is 6.54 Å². The van der Waals surface area contributed by atoms with Crippen molar-refractivity contribution in [2.45, 2.75) is 26.4 Å². The van der Waals surface area contributed by atoms with E-state index in [2.05, 4.69) is 12.0 Å². The van der Waals surface area contributed by atoms with Gasteiger partial charge in [0.2, 0.25) is 5.88 Å². The molecule has 4 nitrogen and oxygen atoms in total. The van der Waals surface area contributed by atoms with Gasteiger partial charge in [-0.15, -0.1) is 0 Å². The summed E-state index contributed by atoms with van der Waals surface area (Å²) in [5, 5.41) is 4.18. The zero-order valence-corrected chi connectivity index (χ0v) is 8.45. The van der Waals surface area contributed by atoms with Crippen LogP contribution in [0.25, 0.3) is 0 Å². The highest BCUT2D eigenvalue weighted by Crippen LogP contribution is 2.13. The lowest BCUT2D eigenvalue weighted by Gasteiger charge is -2.14. The molecule has 1 unspecified atom stereocenters. The third-order valence-electron chi connectivity index (χ3n) is 1.96. The molecule has 0 saturated carbocycles. The maximum atomic E-state index is 5.64. The molecule has 0 spiro atoms. The first kappa shape index (κ1) is 10.1. The van der Waals surface area contributed by atoms with Crippen LogP contribution in [0, 0.1) is 6.92 Å². The largest absolute Gasteiger partial charge is 0.473 e. The van der Waals surface area contributed by atoms with E-state index in [4.69, 9.17) is 10.5 Å². The van der Waals surface area contributed by atoms with Crippen LogP contribution < -0.4 is 10.5 Å². The van der Waals surface area contributed by atoms with Gasteiger partial charge in [-0.3, -0.25) is 0 Å². The Morgan fingerprint density at radius 1 is 1.69 bits per heavy atom. The van der Waals surface area contributed by atoms with Gasteiger partial charge in [0.05, 0.1) is 5.69 Å². The molecule has 1 heterocycles. The fraction of sp³-hybridized carbons (Fsp3) is 0.667. The van der Waals surface area contributed by atoms with Crippen molar-refractivity contribution in [3.05, 3.63) is 11.8 Å². The van der Waals surface area contributed by atoms with Gasteiger partial charge in [-0.2, -0.15) is 5.10 Å². The van der Waals surface area contributed by atoms with Crippen molar-refractivity contribution in [3.63, 3.8) is 0 Å². The summed E-state index contributed by atoms with van der Waals surface area (Å²) >= 11 is 0. The van der Waals surface area contributed by atoms with Gasteiger partial charge < -0.3 is 10.5 Å². The minimum absolute atomic E-state index is 0.0924. The van der Waals surface area contributed by atoms with Gasteiger partial charge in [0.1, 0.15) is 6.10 Å². The van der Waals surface area contributed by atoms with Crippen LogP contribution in [0.2, 0.25) is 0 Å². The number of aromatic nitrogens is 2. The standard InChI is InChI=1S/C9H17N3O/c1-4-8(6-10)13-9-5-7(2)11-12(9)3/h5,8H,4,6,10H2,1-3H3. The quantitative estimate of drug-likeness (QED) is 0.752. The summed E-state index contributed by atoms with van der Waals surface area (Å²) in [6, 6.07) is 1.92. The van der Waals surface area contributed by atoms with Crippen molar-refractivity contribution in [2.24, 2.45) is 12.8 Å². The molecule has 2 N–H and O–H groups in total. The van der Waals surface area contributed by atoms with Gasteiger partial charge in [-0.05, 0) is 13.3 Å². The van der Waals surface area contributed by atoms with Gasteiger partial charge in [0.25, 0.3) is 0 Å². The highest BCUT2D eigenvalue weighted by atomic mass is 16.5. The Labute approximate surface area is 78.7 Å². The molecule has 74 valence electrons. The highest BCUT2D eigenvalue weighted by Gasteiger charge is 2.09. The predicted molar refractivity (Wildman–Crippen MR) is 51.7 cm³/mol. The lowest BCUT2D eigenvalue weighted by molar-refractivity contribution is 0.188. The second kappa shape index (κ2) is 4.28. The Morgan fingerprint density at radius 3 is 2.77 bits per heavy atom. The van der Waals surface area contributed by atoms with E-state index in [1.165, 1.54) is 0 Å². The molecule has 0 aliphatic heterocycles. The van der Waals surface area contributed by atoms with Gasteiger partial charge in [0, 0.05) is 19.7 Å². The Kier molecular flexibility index (Phi) is 3.31. The van der Waals surface area contributed by atoms with E-state index < -0.39 is 0 Å². The zero-order valence-electron chi connectivity index (χ0n) is 8.45. The number of nitrogens with zero attached hydrogens (tertiary/aromatic N) is 2. The minimum Gasteiger partial charge on any atom is -0.473 e. The number of ether oxygens (including phenoxy) is 1. The van der Waals surface area contributed by atoms with Crippen molar-refractivity contribution in [1.82, 2.24) is 9.78 Å². The molecule has 0 fully saturated rings. The lowest BCUT2D eigenvalue weighted by Crippen LogP contribution is -2.26. The number of nitrogens with two attached hydrogens (primary N) is 1. The summed E-state index contributed by atoms with van der Waals surface area (Å²) in [4.78, 5) is 0. The van der Waals surface area contributed by atoms with Crippen molar-refractivity contribution in [2.75, 3.05) is 6.54 Å². The third kappa shape index (κ3) is 2.45. The number of aryl methyl sites for hydroxylation is 2. The molecule has 0 amide bonds. The molecular formula is C9H17N3O. The van der Waals surface area contributed by atoms with Crippen LogP contribution >= 0.6 is 0 Å². The molecule has 1 aromatic heterocycles. The van der Waals surface area contributed by atoms with E-state index in [9.17, 15) is 0 Å². The fourth-order valence-electron chi connectivity index (χ4n) is 1.17. The van der Waals surface area contributed by atoms with E-state index in [0.717, 1.165) is 18.0 Å². The maximum Gasteiger partial charge on any atom is 0.212 e. The number of hydrogen-bond acceptors (Lipinski definition) is 3. The van der Waals surface area contributed by atoms with Crippen LogP contribution in [0.1, 0.15) is 19.0 Å². The summed E-state index contributed by atoms with van der Waals surface area (Å²) in [5.41, 5.74) is 6.50. The first-order valence-corrected chi connectivity index (χ1v) is 4.54. The molecule has 1 atom stereocenters. The normalized spacial score (nSPS) is 12.9. The maximum absolute atomic E-state index is 5.64. The molecule has 1 rings (SSSR count). The average molecular weight is 183 g/mol. The summed E-state index contributed by atoms with van der Waals surface area (Å²) in [5.74, 6) is 0.787. The van der Waals surface area contributed by atoms with Crippen molar-refractivity contribution in [1.29, 1.82) is 0 Å². The van der Waals surface area contributed by atoms with Crippen molar-refractivity contribution >= 4 is 0 Å². The second-order valence-electron chi connectivity index (χ2n) is 3.13. The smallest absolute Gasteiger partial charge is 0.212 e. The Balaban J connectivity index is 2.67. The van der Waals surface area contributed by atoms with Crippen LogP contribution in [0.4, 0.5) is 0 Å². The minimum atomic E-state index is 0.0924. The SMILES string of the molecule is CCC(CN)Oc1cc(C)nn1C. The molecule has 1 aromatic rings. The van der Waals surface area contributed by atoms with Gasteiger partial charge in [-0.25, -0.2) is 4.68 Å². The second-order valence-corrected chi connectivity index (χ2v) is 3.13. The van der Waals surface area contributed by atoms with Gasteiger partial charge in [-0.1, -0.05) is 6.92 Å². The predicted octanol–water partition coefficient (Wildman–Crippen LogP) is 0.845. The molecule has 0 aliphatic carbocycles. The summed E-state index contributed by atoms with van der Waals surface area (Å²) < 4.78 is 7.37. The number of rotatable bonds is 4. The average Bonchev–Trinajstić information content (AvgIpc) is 2.41. The first-order valence-electron chi connectivity index (χ1n) is 4.54. The van der Waals surface area contributed by atoms with E-state index in [1.807, 2.05) is 20.0 Å². The molecule has 0 bridgehead atoms.